The lowest BCUT2D eigenvalue weighted by Crippen LogP contribution is -2.45. The maximum absolute atomic E-state index is 12.5. The Labute approximate surface area is 411 Å². The Hall–Kier alpha value is -2.43. The number of rotatable bonds is 52. The van der Waals surface area contributed by atoms with Gasteiger partial charge in [-0.1, -0.05) is 292 Å². The summed E-state index contributed by atoms with van der Waals surface area (Å²) in [6, 6.07) is -0.626. The first-order chi connectivity index (χ1) is 32.7. The molecule has 0 aromatic heterocycles. The summed E-state index contributed by atoms with van der Waals surface area (Å²) in [6.07, 6.45) is 83.2. The van der Waals surface area contributed by atoms with Gasteiger partial charge in [-0.15, -0.1) is 0 Å². The van der Waals surface area contributed by atoms with Crippen LogP contribution in [0.5, 0.6) is 0 Å². The van der Waals surface area contributed by atoms with Crippen LogP contribution in [0.1, 0.15) is 284 Å². The minimum atomic E-state index is -0.842. The van der Waals surface area contributed by atoms with Gasteiger partial charge in [0.2, 0.25) is 5.91 Å². The van der Waals surface area contributed by atoms with Gasteiger partial charge in [0.25, 0.3) is 0 Å². The number of nitrogens with one attached hydrogen (secondary N) is 1. The second-order valence-corrected chi connectivity index (χ2v) is 19.3. The average Bonchev–Trinajstić information content (AvgIpc) is 3.32. The van der Waals surface area contributed by atoms with Crippen LogP contribution < -0.4 is 5.32 Å². The number of allylic oxidation sites excluding steroid dienone is 13. The third kappa shape index (κ3) is 52.5. The summed E-state index contributed by atoms with van der Waals surface area (Å²) in [5, 5.41) is 23.2. The van der Waals surface area contributed by atoms with Gasteiger partial charge in [-0.3, -0.25) is 4.79 Å². The predicted octanol–water partition coefficient (Wildman–Crippen LogP) is 19.1. The smallest absolute Gasteiger partial charge is 0.220 e. The number of aliphatic hydroxyl groups is 2. The summed E-state index contributed by atoms with van der Waals surface area (Å²) >= 11 is 0. The number of carbonyl (C=O) groups is 1. The van der Waals surface area contributed by atoms with Crippen LogP contribution in [0.3, 0.4) is 0 Å². The van der Waals surface area contributed by atoms with E-state index >= 15 is 0 Å². The lowest BCUT2D eigenvalue weighted by molar-refractivity contribution is -0.123. The van der Waals surface area contributed by atoms with Crippen molar-refractivity contribution in [3.05, 3.63) is 85.1 Å². The zero-order valence-electron chi connectivity index (χ0n) is 43.9. The van der Waals surface area contributed by atoms with Crippen LogP contribution in [0.15, 0.2) is 85.1 Å². The Bertz CT molecular complexity index is 1180. The average molecular weight is 919 g/mol. The van der Waals surface area contributed by atoms with Crippen molar-refractivity contribution in [2.24, 2.45) is 0 Å². The lowest BCUT2D eigenvalue weighted by atomic mass is 10.0. The fraction of sp³-hybridized carbons (Fsp3) is 0.758. The number of unbranched alkanes of at least 4 members (excludes halogenated alkanes) is 33. The van der Waals surface area contributed by atoms with E-state index in [9.17, 15) is 15.0 Å². The predicted molar refractivity (Wildman–Crippen MR) is 294 cm³/mol. The molecule has 4 nitrogen and oxygen atoms in total. The van der Waals surface area contributed by atoms with Gasteiger partial charge in [-0.2, -0.15) is 0 Å². The number of hydrogen-bond donors (Lipinski definition) is 3. The second kappa shape index (κ2) is 56.9. The molecule has 2 atom stereocenters. The molecule has 3 N–H and O–H groups in total. The van der Waals surface area contributed by atoms with Crippen molar-refractivity contribution in [2.45, 2.75) is 296 Å². The van der Waals surface area contributed by atoms with Gasteiger partial charge in [0.15, 0.2) is 0 Å². The number of amides is 1. The summed E-state index contributed by atoms with van der Waals surface area (Å²) in [4.78, 5) is 12.5. The molecule has 0 radical (unpaired) electrons. The third-order valence-electron chi connectivity index (χ3n) is 12.9. The van der Waals surface area contributed by atoms with E-state index in [2.05, 4.69) is 92.1 Å². The molecule has 66 heavy (non-hydrogen) atoms. The molecule has 0 aliphatic carbocycles. The summed E-state index contributed by atoms with van der Waals surface area (Å²) < 4.78 is 0. The van der Waals surface area contributed by atoms with E-state index in [1.54, 1.807) is 6.08 Å². The molecule has 0 aliphatic rings. The monoisotopic (exact) mass is 918 g/mol. The summed E-state index contributed by atoms with van der Waals surface area (Å²) in [7, 11) is 0. The molecule has 0 saturated carbocycles. The van der Waals surface area contributed by atoms with Crippen LogP contribution in [0, 0.1) is 0 Å². The van der Waals surface area contributed by atoms with Crippen molar-refractivity contribution in [2.75, 3.05) is 6.61 Å². The maximum Gasteiger partial charge on any atom is 0.220 e. The highest BCUT2D eigenvalue weighted by Gasteiger charge is 2.18. The van der Waals surface area contributed by atoms with Crippen molar-refractivity contribution >= 4 is 5.91 Å². The highest BCUT2D eigenvalue weighted by atomic mass is 16.3. The minimum absolute atomic E-state index is 0.0634. The molecule has 0 saturated heterocycles. The fourth-order valence-corrected chi connectivity index (χ4v) is 8.54. The molecule has 2 unspecified atom stereocenters. The van der Waals surface area contributed by atoms with Gasteiger partial charge < -0.3 is 15.5 Å². The molecule has 0 aromatic carbocycles. The highest BCUT2D eigenvalue weighted by Crippen LogP contribution is 2.17. The summed E-state index contributed by atoms with van der Waals surface area (Å²) in [5.74, 6) is -0.0634. The first-order valence-corrected chi connectivity index (χ1v) is 28.8. The summed E-state index contributed by atoms with van der Waals surface area (Å²) in [6.45, 7) is 4.21. The first-order valence-electron chi connectivity index (χ1n) is 28.8. The number of aliphatic hydroxyl groups excluding tert-OH is 2. The van der Waals surface area contributed by atoms with E-state index in [-0.39, 0.29) is 12.5 Å². The maximum atomic E-state index is 12.5. The number of carbonyl (C=O) groups excluding carboxylic acids is 1. The van der Waals surface area contributed by atoms with Gasteiger partial charge in [-0.05, 0) is 70.6 Å². The molecule has 4 heteroatoms. The van der Waals surface area contributed by atoms with E-state index in [4.69, 9.17) is 0 Å². The molecule has 0 fully saturated rings. The molecule has 0 rings (SSSR count). The van der Waals surface area contributed by atoms with E-state index in [1.807, 2.05) is 6.08 Å². The van der Waals surface area contributed by atoms with Crippen LogP contribution in [0.4, 0.5) is 0 Å². The van der Waals surface area contributed by atoms with Crippen molar-refractivity contribution in [1.82, 2.24) is 5.32 Å². The second-order valence-electron chi connectivity index (χ2n) is 19.3. The Morgan fingerprint density at radius 2 is 0.667 bits per heavy atom. The standard InChI is InChI=1S/C62H111NO3/c1-3-5-7-9-11-13-15-17-19-21-23-24-25-26-27-28-29-30-31-32-33-34-35-36-37-38-40-42-44-46-48-50-52-54-56-58-62(66)63-60(59-64)61(65)57-55-53-51-49-47-45-43-41-39-22-20-18-16-14-12-10-8-6-4-2/h5,7,11,13,17,19,23-24,26-27,29-30,55,57,60-61,64-65H,3-4,6,8-10,12,14-16,18,20-22,25,28,31-54,56,58-59H2,1-2H3,(H,63,66)/b7-5-,13-11-,19-17-,24-23-,27-26-,30-29-,57-55+. The Morgan fingerprint density at radius 1 is 0.379 bits per heavy atom. The topological polar surface area (TPSA) is 69.6 Å². The zero-order valence-corrected chi connectivity index (χ0v) is 43.9. The normalized spacial score (nSPS) is 13.5. The van der Waals surface area contributed by atoms with Crippen molar-refractivity contribution < 1.29 is 15.0 Å². The minimum Gasteiger partial charge on any atom is -0.394 e. The summed E-state index contributed by atoms with van der Waals surface area (Å²) in [5.41, 5.74) is 0. The van der Waals surface area contributed by atoms with E-state index in [0.29, 0.717) is 6.42 Å². The van der Waals surface area contributed by atoms with Gasteiger partial charge in [0.05, 0.1) is 18.8 Å². The SMILES string of the molecule is CC/C=C\C/C=C\C/C=C\C/C=C\C/C=C\C/C=C\CCCCCCCCCCCCCCCCCCC(=O)NC(CO)C(O)/C=C/CCCCCCCCCCCCCCCCCCC. The quantitative estimate of drug-likeness (QED) is 0.0421. The molecular weight excluding hydrogens is 807 g/mol. The molecule has 382 valence electrons. The van der Waals surface area contributed by atoms with Crippen LogP contribution >= 0.6 is 0 Å². The van der Waals surface area contributed by atoms with Gasteiger partial charge in [0.1, 0.15) is 0 Å². The molecule has 1 amide bonds. The molecule has 0 heterocycles. The third-order valence-corrected chi connectivity index (χ3v) is 12.9. The Kier molecular flexibility index (Phi) is 54.8. The van der Waals surface area contributed by atoms with Crippen molar-refractivity contribution in [3.8, 4) is 0 Å². The molecule has 0 bridgehead atoms. The molecular formula is C62H111NO3. The van der Waals surface area contributed by atoms with E-state index in [0.717, 1.165) is 64.2 Å². The Balaban J connectivity index is 3.50. The largest absolute Gasteiger partial charge is 0.394 e. The van der Waals surface area contributed by atoms with E-state index in [1.165, 1.54) is 199 Å². The van der Waals surface area contributed by atoms with Crippen LogP contribution in [-0.2, 0) is 4.79 Å². The molecule has 0 aromatic rings. The first kappa shape index (κ1) is 63.6. The van der Waals surface area contributed by atoms with Crippen LogP contribution in [-0.4, -0.2) is 34.9 Å². The van der Waals surface area contributed by atoms with E-state index < -0.39 is 12.1 Å². The van der Waals surface area contributed by atoms with Crippen LogP contribution in [0.25, 0.3) is 0 Å². The number of hydrogen-bond acceptors (Lipinski definition) is 3. The van der Waals surface area contributed by atoms with Crippen molar-refractivity contribution in [1.29, 1.82) is 0 Å². The molecule has 0 spiro atoms. The zero-order chi connectivity index (χ0) is 47.7. The molecule has 0 aliphatic heterocycles. The fourth-order valence-electron chi connectivity index (χ4n) is 8.54. The van der Waals surface area contributed by atoms with Crippen molar-refractivity contribution in [3.63, 3.8) is 0 Å². The highest BCUT2D eigenvalue weighted by molar-refractivity contribution is 5.76. The lowest BCUT2D eigenvalue weighted by Gasteiger charge is -2.20. The Morgan fingerprint density at radius 3 is 1.00 bits per heavy atom. The van der Waals surface area contributed by atoms with Gasteiger partial charge >= 0.3 is 0 Å². The van der Waals surface area contributed by atoms with Gasteiger partial charge in [0, 0.05) is 6.42 Å². The van der Waals surface area contributed by atoms with Crippen LogP contribution in [0.2, 0.25) is 0 Å². The van der Waals surface area contributed by atoms with Gasteiger partial charge in [-0.25, -0.2) is 0 Å².